The number of rotatable bonds is 4. The monoisotopic (exact) mass is 395 g/mol. The van der Waals surface area contributed by atoms with Crippen molar-refractivity contribution < 1.29 is 18.8 Å². The van der Waals surface area contributed by atoms with Crippen LogP contribution in [0.25, 0.3) is 5.57 Å². The summed E-state index contributed by atoms with van der Waals surface area (Å²) >= 11 is 6.01. The Morgan fingerprint density at radius 2 is 1.81 bits per heavy atom. The van der Waals surface area contributed by atoms with Crippen LogP contribution in [0.4, 0.5) is 4.39 Å². The molecule has 4 nitrogen and oxygen atoms in total. The van der Waals surface area contributed by atoms with E-state index >= 15 is 4.39 Å². The summed E-state index contributed by atoms with van der Waals surface area (Å²) in [5.41, 5.74) is -0.384. The second-order valence-corrected chi connectivity index (χ2v) is 8.89. The van der Waals surface area contributed by atoms with Gasteiger partial charge in [-0.25, -0.2) is 4.39 Å². The quantitative estimate of drug-likeness (QED) is 0.779. The smallest absolute Gasteiger partial charge is 0.398 e. The minimum absolute atomic E-state index is 0.370. The lowest BCUT2D eigenvalue weighted by molar-refractivity contribution is 0.00578. The number of benzene rings is 1. The average Bonchev–Trinajstić information content (AvgIpc) is 2.81. The molecule has 27 heavy (non-hydrogen) atoms. The molecule has 0 aromatic heterocycles. The van der Waals surface area contributed by atoms with Gasteiger partial charge < -0.3 is 14.4 Å². The minimum atomic E-state index is -1.05. The number of nitrogens with zero attached hydrogens (tertiary/aromatic N) is 1. The van der Waals surface area contributed by atoms with Crippen molar-refractivity contribution in [2.24, 2.45) is 0 Å². The Morgan fingerprint density at radius 1 is 1.22 bits per heavy atom. The molecule has 1 aromatic carbocycles. The summed E-state index contributed by atoms with van der Waals surface area (Å²) < 4.78 is 27.4. The van der Waals surface area contributed by atoms with Crippen molar-refractivity contribution in [3.8, 4) is 0 Å². The van der Waals surface area contributed by atoms with Crippen LogP contribution < -0.4 is 0 Å². The van der Waals surface area contributed by atoms with Crippen LogP contribution in [0.5, 0.6) is 0 Å². The summed E-state index contributed by atoms with van der Waals surface area (Å²) in [7, 11) is -1.05. The highest BCUT2D eigenvalue weighted by molar-refractivity contribution is 6.55. The van der Waals surface area contributed by atoms with Crippen LogP contribution in [0.3, 0.4) is 0 Å². The van der Waals surface area contributed by atoms with Crippen LogP contribution in [-0.4, -0.2) is 54.1 Å². The third-order valence-electron chi connectivity index (χ3n) is 5.80. The minimum Gasteiger partial charge on any atom is -0.398 e. The normalized spacial score (nSPS) is 26.2. The van der Waals surface area contributed by atoms with E-state index in [0.717, 1.165) is 24.9 Å². The standard InChI is InChI=1S/C20H28BClFNO3/c1-19(2)20(3,4)27-21(26-19)18(23)17(14-7-9-15(22)10-8-14)13-24-11-5-6-16(25)12-24/h7-10,16,25H,5-6,11-13H2,1-4H3. The van der Waals surface area contributed by atoms with Gasteiger partial charge in [0, 0.05) is 23.7 Å². The van der Waals surface area contributed by atoms with Crippen LogP contribution in [0.1, 0.15) is 46.1 Å². The van der Waals surface area contributed by atoms with Crippen LogP contribution in [0.2, 0.25) is 5.02 Å². The molecule has 0 radical (unpaired) electrons. The second-order valence-electron chi connectivity index (χ2n) is 8.45. The number of hydrogen-bond acceptors (Lipinski definition) is 4. The molecular formula is C20H28BClFNO3. The van der Waals surface area contributed by atoms with Crippen molar-refractivity contribution in [3.63, 3.8) is 0 Å². The number of β-amino-alcohol motifs (C(OH)–C–C–N with tert-alkyl or cyclic N) is 1. The number of halogens is 2. The maximum absolute atomic E-state index is 15.6. The van der Waals surface area contributed by atoms with E-state index in [1.54, 1.807) is 12.1 Å². The summed E-state index contributed by atoms with van der Waals surface area (Å²) in [6.07, 6.45) is 1.31. The molecule has 2 aliphatic rings. The van der Waals surface area contributed by atoms with Crippen molar-refractivity contribution in [2.45, 2.75) is 57.8 Å². The average molecular weight is 396 g/mol. The van der Waals surface area contributed by atoms with Gasteiger partial charge in [-0.1, -0.05) is 23.7 Å². The number of aliphatic hydroxyl groups is 1. The summed E-state index contributed by atoms with van der Waals surface area (Å²) in [5.74, 6) is 0. The molecule has 3 rings (SSSR count). The molecule has 2 heterocycles. The van der Waals surface area contributed by atoms with E-state index in [9.17, 15) is 5.11 Å². The van der Waals surface area contributed by atoms with Gasteiger partial charge in [-0.2, -0.15) is 0 Å². The SMILES string of the molecule is CC1(C)OB(C(F)=C(CN2CCCC(O)C2)c2ccc(Cl)cc2)OC1(C)C. The summed E-state index contributed by atoms with van der Waals surface area (Å²) in [6, 6.07) is 7.12. The molecule has 2 aliphatic heterocycles. The molecule has 0 amide bonds. The predicted octanol–water partition coefficient (Wildman–Crippen LogP) is 4.11. The van der Waals surface area contributed by atoms with Crippen molar-refractivity contribution in [1.29, 1.82) is 0 Å². The molecule has 0 spiro atoms. The highest BCUT2D eigenvalue weighted by Crippen LogP contribution is 2.40. The van der Waals surface area contributed by atoms with E-state index in [-0.39, 0.29) is 6.10 Å². The fraction of sp³-hybridized carbons (Fsp3) is 0.600. The third-order valence-corrected chi connectivity index (χ3v) is 6.06. The Morgan fingerprint density at radius 3 is 2.37 bits per heavy atom. The largest absolute Gasteiger partial charge is 0.525 e. The highest BCUT2D eigenvalue weighted by Gasteiger charge is 2.53. The topological polar surface area (TPSA) is 41.9 Å². The van der Waals surface area contributed by atoms with Gasteiger partial charge in [0.05, 0.1) is 17.3 Å². The lowest BCUT2D eigenvalue weighted by Crippen LogP contribution is -2.41. The molecule has 2 saturated heterocycles. The summed E-state index contributed by atoms with van der Waals surface area (Å²) in [6.45, 7) is 9.37. The zero-order chi connectivity index (χ0) is 19.8. The van der Waals surface area contributed by atoms with Gasteiger partial charge in [0.25, 0.3) is 0 Å². The molecule has 1 N–H and O–H groups in total. The number of hydrogen-bond donors (Lipinski definition) is 1. The van der Waals surface area contributed by atoms with E-state index in [4.69, 9.17) is 20.9 Å². The molecular weight excluding hydrogens is 367 g/mol. The van der Waals surface area contributed by atoms with Crippen molar-refractivity contribution in [3.05, 3.63) is 40.6 Å². The van der Waals surface area contributed by atoms with Gasteiger partial charge in [0.1, 0.15) is 5.73 Å². The molecule has 1 unspecified atom stereocenters. The number of likely N-dealkylation sites (tertiary alicyclic amines) is 1. The van der Waals surface area contributed by atoms with Gasteiger partial charge in [0.15, 0.2) is 0 Å². The predicted molar refractivity (Wildman–Crippen MR) is 107 cm³/mol. The molecule has 7 heteroatoms. The van der Waals surface area contributed by atoms with Crippen molar-refractivity contribution in [1.82, 2.24) is 4.90 Å². The highest BCUT2D eigenvalue weighted by atomic mass is 35.5. The first kappa shape index (κ1) is 20.8. The van der Waals surface area contributed by atoms with Crippen LogP contribution >= 0.6 is 11.6 Å². The molecule has 2 fully saturated rings. The lowest BCUT2D eigenvalue weighted by Gasteiger charge is -2.32. The van der Waals surface area contributed by atoms with E-state index in [1.807, 2.05) is 39.8 Å². The first-order chi connectivity index (χ1) is 12.6. The fourth-order valence-electron chi connectivity index (χ4n) is 3.44. The van der Waals surface area contributed by atoms with E-state index in [2.05, 4.69) is 4.90 Å². The van der Waals surface area contributed by atoms with Crippen molar-refractivity contribution >= 4 is 24.3 Å². The first-order valence-corrected chi connectivity index (χ1v) is 9.87. The van der Waals surface area contributed by atoms with Crippen molar-refractivity contribution in [2.75, 3.05) is 19.6 Å². The Labute approximate surface area is 166 Å². The van der Waals surface area contributed by atoms with Crippen LogP contribution in [0.15, 0.2) is 30.0 Å². The van der Waals surface area contributed by atoms with E-state index in [0.29, 0.717) is 23.7 Å². The molecule has 0 bridgehead atoms. The molecule has 1 aromatic rings. The third kappa shape index (κ3) is 4.57. The first-order valence-electron chi connectivity index (χ1n) is 9.49. The molecule has 0 saturated carbocycles. The maximum atomic E-state index is 15.6. The Bertz CT molecular complexity index is 692. The zero-order valence-electron chi connectivity index (χ0n) is 16.5. The maximum Gasteiger partial charge on any atom is 0.525 e. The van der Waals surface area contributed by atoms with Gasteiger partial charge >= 0.3 is 7.12 Å². The molecule has 1 atom stereocenters. The van der Waals surface area contributed by atoms with Gasteiger partial charge in [-0.05, 0) is 64.8 Å². The Kier molecular flexibility index (Phi) is 6.04. The van der Waals surface area contributed by atoms with Gasteiger partial charge in [0.2, 0.25) is 0 Å². The summed E-state index contributed by atoms with van der Waals surface area (Å²) in [5, 5.41) is 10.6. The number of piperidine rings is 1. The fourth-order valence-corrected chi connectivity index (χ4v) is 3.57. The molecule has 148 valence electrons. The van der Waals surface area contributed by atoms with Crippen LogP contribution in [-0.2, 0) is 9.31 Å². The van der Waals surface area contributed by atoms with E-state index < -0.39 is 24.0 Å². The lowest BCUT2D eigenvalue weighted by atomic mass is 9.82. The molecule has 0 aliphatic carbocycles. The number of aliphatic hydroxyl groups excluding tert-OH is 1. The second kappa shape index (κ2) is 7.84. The summed E-state index contributed by atoms with van der Waals surface area (Å²) in [4.78, 5) is 2.07. The van der Waals surface area contributed by atoms with Gasteiger partial charge in [-0.3, -0.25) is 4.90 Å². The van der Waals surface area contributed by atoms with Crippen LogP contribution in [0, 0.1) is 0 Å². The van der Waals surface area contributed by atoms with E-state index in [1.165, 1.54) is 0 Å². The Balaban J connectivity index is 1.93. The zero-order valence-corrected chi connectivity index (χ0v) is 17.2. The van der Waals surface area contributed by atoms with Gasteiger partial charge in [-0.15, -0.1) is 0 Å². The Hall–Kier alpha value is -0.915.